The van der Waals surface area contributed by atoms with Gasteiger partial charge >= 0.3 is 12.9 Å². The second-order valence-electron chi connectivity index (χ2n) is 10.9. The molecular formula is C35H46BF2NO10. The van der Waals surface area contributed by atoms with E-state index in [4.69, 9.17) is 38.3 Å². The van der Waals surface area contributed by atoms with Gasteiger partial charge in [-0.3, -0.25) is 4.79 Å². The highest BCUT2D eigenvalue weighted by Crippen LogP contribution is 2.33. The fourth-order valence-corrected chi connectivity index (χ4v) is 4.20. The smallest absolute Gasteiger partial charge is 0.343 e. The number of hydrogen-bond acceptors (Lipinski definition) is 10. The van der Waals surface area contributed by atoms with E-state index >= 15 is 0 Å². The average Bonchev–Trinajstić information content (AvgIpc) is 3.10. The van der Waals surface area contributed by atoms with Gasteiger partial charge in [-0.05, 0) is 60.4 Å². The van der Waals surface area contributed by atoms with E-state index < -0.39 is 12.9 Å². The Labute approximate surface area is 286 Å². The fraction of sp³-hybridized carbons (Fsp3) is 0.457. The average molecular weight is 690 g/mol. The molecular weight excluding hydrogens is 643 g/mol. The van der Waals surface area contributed by atoms with Crippen molar-refractivity contribution in [3.8, 4) is 17.2 Å². The Balaban J connectivity index is 1.25. The van der Waals surface area contributed by atoms with Crippen molar-refractivity contribution in [3.63, 3.8) is 0 Å². The van der Waals surface area contributed by atoms with Crippen molar-refractivity contribution in [1.29, 1.82) is 0 Å². The van der Waals surface area contributed by atoms with Crippen LogP contribution in [0.15, 0.2) is 66.7 Å². The maximum Gasteiger partial charge on any atom is 0.343 e. The maximum absolute atomic E-state index is 13.3. The number of ether oxygens (including phenoxy) is 7. The zero-order valence-electron chi connectivity index (χ0n) is 27.7. The van der Waals surface area contributed by atoms with Crippen LogP contribution in [-0.2, 0) is 37.0 Å². The first kappa shape index (κ1) is 39.7. The summed E-state index contributed by atoms with van der Waals surface area (Å²) in [5.41, 5.74) is 1.55. The van der Waals surface area contributed by atoms with Crippen LogP contribution in [0, 0.1) is 11.6 Å². The van der Waals surface area contributed by atoms with Gasteiger partial charge in [0.05, 0.1) is 52.8 Å². The van der Waals surface area contributed by atoms with Crippen LogP contribution < -0.4 is 19.5 Å². The highest BCUT2D eigenvalue weighted by atomic mass is 19.1. The van der Waals surface area contributed by atoms with Crippen LogP contribution in [0.5, 0.6) is 17.2 Å². The molecule has 14 heteroatoms. The Morgan fingerprint density at radius 2 is 1.18 bits per heavy atom. The Kier molecular flexibility index (Phi) is 19.7. The monoisotopic (exact) mass is 689 g/mol. The lowest BCUT2D eigenvalue weighted by atomic mass is 9.70. The van der Waals surface area contributed by atoms with Crippen molar-refractivity contribution in [1.82, 2.24) is 5.32 Å². The van der Waals surface area contributed by atoms with Crippen molar-refractivity contribution in [3.05, 3.63) is 89.5 Å². The van der Waals surface area contributed by atoms with E-state index in [-0.39, 0.29) is 37.8 Å². The molecule has 0 bridgehead atoms. The molecule has 3 aromatic carbocycles. The highest BCUT2D eigenvalue weighted by molar-refractivity contribution is 6.50. The van der Waals surface area contributed by atoms with Crippen LogP contribution >= 0.6 is 0 Å². The molecule has 0 saturated heterocycles. The van der Waals surface area contributed by atoms with Gasteiger partial charge in [0.2, 0.25) is 0 Å². The van der Waals surface area contributed by atoms with Crippen LogP contribution in [0.3, 0.4) is 0 Å². The van der Waals surface area contributed by atoms with E-state index in [2.05, 4.69) is 5.32 Å². The minimum Gasteiger partial charge on any atom is -0.498 e. The number of aliphatic carboxylic acids is 1. The van der Waals surface area contributed by atoms with Crippen LogP contribution in [0.4, 0.5) is 8.78 Å². The van der Waals surface area contributed by atoms with Crippen LogP contribution in [-0.4, -0.2) is 95.4 Å². The molecule has 3 N–H and O–H groups in total. The van der Waals surface area contributed by atoms with Gasteiger partial charge in [0.1, 0.15) is 30.6 Å². The Morgan fingerprint density at radius 1 is 0.653 bits per heavy atom. The minimum atomic E-state index is -0.791. The number of nitrogens with one attached hydrogen (secondary N) is 1. The predicted octanol–water partition coefficient (Wildman–Crippen LogP) is 4.47. The number of rotatable bonds is 28. The van der Waals surface area contributed by atoms with Gasteiger partial charge in [0.15, 0.2) is 11.5 Å². The summed E-state index contributed by atoms with van der Waals surface area (Å²) < 4.78 is 66.1. The first-order chi connectivity index (χ1) is 23.9. The fourth-order valence-electron chi connectivity index (χ4n) is 4.20. The first-order valence-electron chi connectivity index (χ1n) is 16.3. The largest absolute Gasteiger partial charge is 0.498 e. The molecule has 0 amide bonds. The van der Waals surface area contributed by atoms with Crippen molar-refractivity contribution in [2.24, 2.45) is 0 Å². The van der Waals surface area contributed by atoms with Gasteiger partial charge in [-0.1, -0.05) is 24.3 Å². The minimum absolute atomic E-state index is 0.0376. The molecule has 0 spiro atoms. The van der Waals surface area contributed by atoms with Gasteiger partial charge < -0.3 is 48.6 Å². The SMILES string of the molecule is O=C(O)CCCCOCCOCCOCCOCCNCB(O)COc1ccc(OCc2ccc(F)cc2)c(OCc2ccc(F)cc2)c1. The summed E-state index contributed by atoms with van der Waals surface area (Å²) in [4.78, 5) is 10.4. The zero-order valence-corrected chi connectivity index (χ0v) is 27.7. The van der Waals surface area contributed by atoms with E-state index in [0.29, 0.717) is 95.9 Å². The summed E-state index contributed by atoms with van der Waals surface area (Å²) in [6.45, 7) is 3.82. The van der Waals surface area contributed by atoms with E-state index in [1.807, 2.05) is 0 Å². The molecule has 0 fully saturated rings. The van der Waals surface area contributed by atoms with Crippen molar-refractivity contribution >= 4 is 12.9 Å². The quantitative estimate of drug-likeness (QED) is 0.0737. The Morgan fingerprint density at radius 3 is 1.76 bits per heavy atom. The Hall–Kier alpha value is -3.79. The van der Waals surface area contributed by atoms with Crippen molar-refractivity contribution < 1.29 is 56.9 Å². The summed E-state index contributed by atoms with van der Waals surface area (Å²) in [5, 5.41) is 22.1. The van der Waals surface area contributed by atoms with Crippen molar-refractivity contribution in [2.45, 2.75) is 32.5 Å². The number of benzene rings is 3. The molecule has 0 unspecified atom stereocenters. The number of carboxylic acids is 1. The molecule has 0 radical (unpaired) electrons. The lowest BCUT2D eigenvalue weighted by Gasteiger charge is -2.16. The maximum atomic E-state index is 13.3. The third kappa shape index (κ3) is 18.5. The molecule has 0 aliphatic carbocycles. The molecule has 268 valence electrons. The topological polar surface area (TPSA) is 134 Å². The summed E-state index contributed by atoms with van der Waals surface area (Å²) in [5.74, 6) is -0.142. The number of unbranched alkanes of at least 4 members (excludes halogenated alkanes) is 1. The summed E-state index contributed by atoms with van der Waals surface area (Å²) in [6.07, 6.45) is 1.79. The van der Waals surface area contributed by atoms with Gasteiger partial charge in [0, 0.05) is 32.1 Å². The number of carbonyl (C=O) groups is 1. The number of halogens is 2. The third-order valence-electron chi connectivity index (χ3n) is 6.82. The molecule has 0 atom stereocenters. The summed E-state index contributed by atoms with van der Waals surface area (Å²) in [7, 11) is 0. The molecule has 0 saturated carbocycles. The second-order valence-corrected chi connectivity index (χ2v) is 10.9. The summed E-state index contributed by atoms with van der Waals surface area (Å²) in [6, 6.07) is 17.1. The normalized spacial score (nSPS) is 11.0. The molecule has 3 aromatic rings. The van der Waals surface area contributed by atoms with Crippen molar-refractivity contribution in [2.75, 3.05) is 72.4 Å². The molecule has 3 rings (SSSR count). The molecule has 0 aromatic heterocycles. The molecule has 11 nitrogen and oxygen atoms in total. The van der Waals surface area contributed by atoms with E-state index in [0.717, 1.165) is 11.1 Å². The van der Waals surface area contributed by atoms with Gasteiger partial charge in [-0.2, -0.15) is 0 Å². The van der Waals surface area contributed by atoms with Gasteiger partial charge in [-0.15, -0.1) is 0 Å². The van der Waals surface area contributed by atoms with Crippen LogP contribution in [0.1, 0.15) is 30.4 Å². The van der Waals surface area contributed by atoms with Crippen LogP contribution in [0.2, 0.25) is 0 Å². The Bertz CT molecular complexity index is 1320. The number of hydrogen-bond donors (Lipinski definition) is 3. The van der Waals surface area contributed by atoms with E-state index in [1.54, 1.807) is 42.5 Å². The zero-order chi connectivity index (χ0) is 34.9. The summed E-state index contributed by atoms with van der Waals surface area (Å²) >= 11 is 0. The van der Waals surface area contributed by atoms with E-state index in [1.165, 1.54) is 24.3 Å². The van der Waals surface area contributed by atoms with Gasteiger partial charge in [0.25, 0.3) is 0 Å². The lowest BCUT2D eigenvalue weighted by Crippen LogP contribution is -2.37. The third-order valence-corrected chi connectivity index (χ3v) is 6.82. The molecule has 0 aliphatic heterocycles. The second kappa shape index (κ2) is 24.4. The van der Waals surface area contributed by atoms with E-state index in [9.17, 15) is 18.6 Å². The molecule has 49 heavy (non-hydrogen) atoms. The lowest BCUT2D eigenvalue weighted by molar-refractivity contribution is -0.137. The number of carboxylic acid groups (broad SMARTS) is 1. The molecule has 0 aliphatic rings. The van der Waals surface area contributed by atoms with Gasteiger partial charge in [-0.25, -0.2) is 8.78 Å². The first-order valence-corrected chi connectivity index (χ1v) is 16.3. The highest BCUT2D eigenvalue weighted by Gasteiger charge is 2.14. The van der Waals surface area contributed by atoms with Crippen LogP contribution in [0.25, 0.3) is 0 Å². The predicted molar refractivity (Wildman–Crippen MR) is 179 cm³/mol. The molecule has 0 heterocycles. The standard InChI is InChI=1S/C35H46BF2NO10/c37-30-8-4-28(5-9-30)24-47-33-13-12-32(23-34(33)48-25-29-6-10-31(38)11-7-29)49-27-36(42)26-39-14-16-44-18-20-46-22-21-45-19-17-43-15-2-1-3-35(40)41/h4-13,23,39,42H,1-3,14-22,24-27H2,(H,40,41).